The number of aryl methyl sites for hydroxylation is 3. The Labute approximate surface area is 103 Å². The fourth-order valence-electron chi connectivity index (χ4n) is 1.44. The molecule has 17 heavy (non-hydrogen) atoms. The SMILES string of the molecule is CCCn1nc(C)c(N)c1Sc1nnnn1C. The van der Waals surface area contributed by atoms with E-state index in [-0.39, 0.29) is 0 Å². The Morgan fingerprint density at radius 2 is 2.18 bits per heavy atom. The Balaban J connectivity index is 2.34. The van der Waals surface area contributed by atoms with E-state index >= 15 is 0 Å². The largest absolute Gasteiger partial charge is 0.395 e. The average Bonchev–Trinajstić information content (AvgIpc) is 2.80. The number of aromatic nitrogens is 6. The maximum atomic E-state index is 6.02. The van der Waals surface area contributed by atoms with E-state index in [1.165, 1.54) is 11.8 Å². The van der Waals surface area contributed by atoms with Crippen LogP contribution >= 0.6 is 11.8 Å². The van der Waals surface area contributed by atoms with Gasteiger partial charge in [-0.3, -0.25) is 4.68 Å². The number of rotatable bonds is 4. The van der Waals surface area contributed by atoms with Gasteiger partial charge in [0, 0.05) is 13.6 Å². The first kappa shape index (κ1) is 11.9. The molecule has 2 aromatic heterocycles. The molecule has 0 amide bonds. The van der Waals surface area contributed by atoms with Gasteiger partial charge in [-0.2, -0.15) is 5.10 Å². The van der Waals surface area contributed by atoms with Crippen molar-refractivity contribution in [3.8, 4) is 0 Å². The van der Waals surface area contributed by atoms with Crippen molar-refractivity contribution >= 4 is 17.4 Å². The normalized spacial score (nSPS) is 11.0. The zero-order valence-corrected chi connectivity index (χ0v) is 10.9. The molecular formula is C9H15N7S. The molecule has 0 aromatic carbocycles. The summed E-state index contributed by atoms with van der Waals surface area (Å²) in [6.45, 7) is 4.84. The molecule has 0 bridgehead atoms. The lowest BCUT2D eigenvalue weighted by atomic mass is 10.4. The van der Waals surface area contributed by atoms with Crippen LogP contribution in [0.5, 0.6) is 0 Å². The first-order valence-corrected chi connectivity index (χ1v) is 6.18. The van der Waals surface area contributed by atoms with E-state index < -0.39 is 0 Å². The highest BCUT2D eigenvalue weighted by Gasteiger charge is 2.16. The molecule has 0 radical (unpaired) electrons. The highest BCUT2D eigenvalue weighted by Crippen LogP contribution is 2.32. The number of hydrogen-bond acceptors (Lipinski definition) is 6. The minimum atomic E-state index is 0.700. The zero-order chi connectivity index (χ0) is 12.4. The first-order valence-electron chi connectivity index (χ1n) is 5.36. The second-order valence-corrected chi connectivity index (χ2v) is 4.67. The molecule has 8 heteroatoms. The van der Waals surface area contributed by atoms with Gasteiger partial charge in [0.2, 0.25) is 5.16 Å². The van der Waals surface area contributed by atoms with E-state index in [1.807, 2.05) is 11.6 Å². The van der Waals surface area contributed by atoms with E-state index in [1.54, 1.807) is 11.7 Å². The highest BCUT2D eigenvalue weighted by molar-refractivity contribution is 7.99. The maximum Gasteiger partial charge on any atom is 0.215 e. The summed E-state index contributed by atoms with van der Waals surface area (Å²) in [6, 6.07) is 0. The Kier molecular flexibility index (Phi) is 3.32. The van der Waals surface area contributed by atoms with Crippen LogP contribution in [0, 0.1) is 6.92 Å². The molecule has 0 aliphatic rings. The molecule has 0 saturated carbocycles. The van der Waals surface area contributed by atoms with Gasteiger partial charge in [-0.25, -0.2) is 4.68 Å². The summed E-state index contributed by atoms with van der Waals surface area (Å²) in [4.78, 5) is 0. The third kappa shape index (κ3) is 2.26. The van der Waals surface area contributed by atoms with Crippen molar-refractivity contribution in [3.63, 3.8) is 0 Å². The van der Waals surface area contributed by atoms with Crippen LogP contribution < -0.4 is 5.73 Å². The van der Waals surface area contributed by atoms with E-state index in [4.69, 9.17) is 5.73 Å². The third-order valence-electron chi connectivity index (χ3n) is 2.33. The Bertz CT molecular complexity index is 515. The summed E-state index contributed by atoms with van der Waals surface area (Å²) < 4.78 is 3.52. The van der Waals surface area contributed by atoms with Gasteiger partial charge < -0.3 is 5.73 Å². The topological polar surface area (TPSA) is 87.4 Å². The van der Waals surface area contributed by atoms with Gasteiger partial charge in [0.25, 0.3) is 0 Å². The summed E-state index contributed by atoms with van der Waals surface area (Å²) in [5.41, 5.74) is 7.56. The van der Waals surface area contributed by atoms with Crippen LogP contribution in [0.3, 0.4) is 0 Å². The Hall–Kier alpha value is -1.57. The fourth-order valence-corrected chi connectivity index (χ4v) is 2.35. The predicted octanol–water partition coefficient (Wildman–Crippen LogP) is 0.858. The van der Waals surface area contributed by atoms with Crippen molar-refractivity contribution in [2.24, 2.45) is 7.05 Å². The monoisotopic (exact) mass is 253 g/mol. The van der Waals surface area contributed by atoms with Crippen molar-refractivity contribution < 1.29 is 0 Å². The van der Waals surface area contributed by atoms with Crippen LogP contribution in [0.2, 0.25) is 0 Å². The molecule has 0 spiro atoms. The lowest BCUT2D eigenvalue weighted by molar-refractivity contribution is 0.554. The molecule has 0 aliphatic carbocycles. The van der Waals surface area contributed by atoms with Crippen LogP contribution in [0.15, 0.2) is 10.2 Å². The van der Waals surface area contributed by atoms with Gasteiger partial charge in [-0.1, -0.05) is 6.92 Å². The molecule has 0 atom stereocenters. The minimum Gasteiger partial charge on any atom is -0.395 e. The van der Waals surface area contributed by atoms with Crippen LogP contribution in [0.25, 0.3) is 0 Å². The second-order valence-electron chi connectivity index (χ2n) is 3.71. The quantitative estimate of drug-likeness (QED) is 0.869. The number of hydrogen-bond donors (Lipinski definition) is 1. The van der Waals surface area contributed by atoms with Crippen LogP contribution in [0.1, 0.15) is 19.0 Å². The number of nitrogen functional groups attached to an aromatic ring is 1. The van der Waals surface area contributed by atoms with Gasteiger partial charge in [-0.05, 0) is 35.5 Å². The standard InChI is InChI=1S/C9H15N7S/c1-4-5-16-8(7(10)6(2)12-16)17-9-11-13-14-15(9)3/h4-5,10H2,1-3H3. The molecule has 0 aliphatic heterocycles. The molecule has 2 rings (SSSR count). The summed E-state index contributed by atoms with van der Waals surface area (Å²) in [6.07, 6.45) is 1.01. The lowest BCUT2D eigenvalue weighted by Gasteiger charge is -2.04. The van der Waals surface area contributed by atoms with Crippen LogP contribution in [-0.2, 0) is 13.6 Å². The number of nitrogens with zero attached hydrogens (tertiary/aromatic N) is 6. The smallest absolute Gasteiger partial charge is 0.215 e. The van der Waals surface area contributed by atoms with Crippen molar-refractivity contribution in [1.29, 1.82) is 0 Å². The van der Waals surface area contributed by atoms with Crippen LogP contribution in [-0.4, -0.2) is 30.0 Å². The number of tetrazole rings is 1. The molecule has 92 valence electrons. The van der Waals surface area contributed by atoms with Gasteiger partial charge in [0.1, 0.15) is 5.03 Å². The number of anilines is 1. The average molecular weight is 253 g/mol. The molecule has 0 unspecified atom stereocenters. The highest BCUT2D eigenvalue weighted by atomic mass is 32.2. The molecular weight excluding hydrogens is 238 g/mol. The van der Waals surface area contributed by atoms with E-state index in [9.17, 15) is 0 Å². The summed E-state index contributed by atoms with van der Waals surface area (Å²) in [7, 11) is 1.80. The minimum absolute atomic E-state index is 0.700. The molecule has 0 fully saturated rings. The predicted molar refractivity (Wildman–Crippen MR) is 64.6 cm³/mol. The van der Waals surface area contributed by atoms with Gasteiger partial charge in [0.05, 0.1) is 11.4 Å². The summed E-state index contributed by atoms with van der Waals surface area (Å²) in [5, 5.41) is 17.3. The second kappa shape index (κ2) is 4.74. The molecule has 2 N–H and O–H groups in total. The van der Waals surface area contributed by atoms with E-state index in [2.05, 4.69) is 27.5 Å². The van der Waals surface area contributed by atoms with Gasteiger partial charge in [-0.15, -0.1) is 5.10 Å². The Morgan fingerprint density at radius 1 is 1.41 bits per heavy atom. The maximum absolute atomic E-state index is 6.02. The molecule has 2 aromatic rings. The molecule has 7 nitrogen and oxygen atoms in total. The Morgan fingerprint density at radius 3 is 2.76 bits per heavy atom. The third-order valence-corrected chi connectivity index (χ3v) is 3.48. The summed E-state index contributed by atoms with van der Waals surface area (Å²) in [5.74, 6) is 0. The van der Waals surface area contributed by atoms with E-state index in [0.717, 1.165) is 23.7 Å². The number of nitrogens with two attached hydrogens (primary N) is 1. The van der Waals surface area contributed by atoms with Crippen molar-refractivity contribution in [1.82, 2.24) is 30.0 Å². The van der Waals surface area contributed by atoms with Crippen molar-refractivity contribution in [3.05, 3.63) is 5.69 Å². The first-order chi connectivity index (χ1) is 8.13. The summed E-state index contributed by atoms with van der Waals surface area (Å²) >= 11 is 1.44. The van der Waals surface area contributed by atoms with Crippen LogP contribution in [0.4, 0.5) is 5.69 Å². The van der Waals surface area contributed by atoms with Gasteiger partial charge in [0.15, 0.2) is 0 Å². The van der Waals surface area contributed by atoms with Crippen molar-refractivity contribution in [2.75, 3.05) is 5.73 Å². The van der Waals surface area contributed by atoms with Gasteiger partial charge >= 0.3 is 0 Å². The molecule has 0 saturated heterocycles. The van der Waals surface area contributed by atoms with E-state index in [0.29, 0.717) is 10.8 Å². The van der Waals surface area contributed by atoms with Crippen molar-refractivity contribution in [2.45, 2.75) is 37.0 Å². The lowest BCUT2D eigenvalue weighted by Crippen LogP contribution is -2.02. The zero-order valence-electron chi connectivity index (χ0n) is 10.1. The fraction of sp³-hybridized carbons (Fsp3) is 0.556. The molecule has 2 heterocycles.